The minimum absolute atomic E-state index is 0.344. The van der Waals surface area contributed by atoms with E-state index in [1.807, 2.05) is 6.92 Å². The van der Waals surface area contributed by atoms with Crippen molar-refractivity contribution in [1.29, 1.82) is 0 Å². The van der Waals surface area contributed by atoms with Crippen molar-refractivity contribution in [3.05, 3.63) is 58.4 Å². The summed E-state index contributed by atoms with van der Waals surface area (Å²) in [7, 11) is 2.16. The number of hydrogen-bond donors (Lipinski definition) is 0. The fourth-order valence-corrected chi connectivity index (χ4v) is 3.80. The first-order valence-corrected chi connectivity index (χ1v) is 7.25. The van der Waals surface area contributed by atoms with Gasteiger partial charge in [-0.05, 0) is 48.7 Å². The first-order chi connectivity index (χ1) is 10.1. The van der Waals surface area contributed by atoms with Gasteiger partial charge in [-0.3, -0.25) is 0 Å². The van der Waals surface area contributed by atoms with E-state index in [-0.39, 0.29) is 0 Å². The largest absolute Gasteiger partial charge is 0.352 e. The van der Waals surface area contributed by atoms with Crippen molar-refractivity contribution in [2.45, 2.75) is 26.4 Å². The highest BCUT2D eigenvalue weighted by atomic mass is 15.4. The molecule has 2 heterocycles. The highest BCUT2D eigenvalue weighted by Crippen LogP contribution is 2.51. The van der Waals surface area contributed by atoms with E-state index in [9.17, 15) is 0 Å². The quantitative estimate of drug-likeness (QED) is 0.663. The van der Waals surface area contributed by atoms with Gasteiger partial charge in [-0.2, -0.15) is 0 Å². The van der Waals surface area contributed by atoms with Crippen LogP contribution >= 0.6 is 0 Å². The second-order valence-corrected chi connectivity index (χ2v) is 5.93. The second kappa shape index (κ2) is 4.02. The van der Waals surface area contributed by atoms with Crippen molar-refractivity contribution in [2.24, 2.45) is 0 Å². The molecule has 4 rings (SSSR count). The molecule has 2 aromatic rings. The third-order valence-corrected chi connectivity index (χ3v) is 4.87. The summed E-state index contributed by atoms with van der Waals surface area (Å²) in [6, 6.07) is 10.7. The Bertz CT molecular complexity index is 801. The van der Waals surface area contributed by atoms with Crippen molar-refractivity contribution in [2.75, 3.05) is 16.8 Å². The van der Waals surface area contributed by atoms with E-state index in [1.165, 1.54) is 22.6 Å². The summed E-state index contributed by atoms with van der Waals surface area (Å²) in [6.45, 7) is 11.5. The van der Waals surface area contributed by atoms with Crippen LogP contribution in [0.15, 0.2) is 30.3 Å². The van der Waals surface area contributed by atoms with E-state index in [0.29, 0.717) is 6.17 Å². The van der Waals surface area contributed by atoms with E-state index >= 15 is 0 Å². The molecule has 1 unspecified atom stereocenters. The molecule has 0 bridgehead atoms. The summed E-state index contributed by atoms with van der Waals surface area (Å²) >= 11 is 0. The smallest absolute Gasteiger partial charge is 0.193 e. The lowest BCUT2D eigenvalue weighted by atomic mass is 9.99. The summed E-state index contributed by atoms with van der Waals surface area (Å²) < 4.78 is 0. The molecule has 3 nitrogen and oxygen atoms in total. The van der Waals surface area contributed by atoms with Gasteiger partial charge < -0.3 is 9.80 Å². The average molecular weight is 275 g/mol. The van der Waals surface area contributed by atoms with Crippen LogP contribution in [0.25, 0.3) is 4.85 Å². The molecule has 0 saturated heterocycles. The second-order valence-electron chi connectivity index (χ2n) is 5.93. The normalized spacial score (nSPS) is 18.3. The number of benzene rings is 2. The molecule has 0 amide bonds. The maximum Gasteiger partial charge on any atom is 0.193 e. The fraction of sp³-hybridized carbons (Fsp3) is 0.278. The van der Waals surface area contributed by atoms with Crippen LogP contribution < -0.4 is 9.80 Å². The van der Waals surface area contributed by atoms with Crippen LogP contribution in [0.4, 0.5) is 22.7 Å². The molecule has 0 aliphatic carbocycles. The number of aryl methyl sites for hydroxylation is 1. The van der Waals surface area contributed by atoms with Gasteiger partial charge in [0.15, 0.2) is 5.69 Å². The minimum atomic E-state index is 0.344. The summed E-state index contributed by atoms with van der Waals surface area (Å²) in [5, 5.41) is 0. The molecule has 2 aromatic carbocycles. The maximum atomic E-state index is 7.41. The Morgan fingerprint density at radius 3 is 2.57 bits per heavy atom. The zero-order chi connectivity index (χ0) is 14.7. The molecule has 2 aliphatic heterocycles. The highest BCUT2D eigenvalue weighted by Gasteiger charge is 2.41. The van der Waals surface area contributed by atoms with Gasteiger partial charge in [0.1, 0.15) is 6.17 Å². The average Bonchev–Trinajstić information content (AvgIpc) is 2.98. The molecule has 0 saturated carbocycles. The van der Waals surface area contributed by atoms with Crippen LogP contribution in [0.1, 0.15) is 16.7 Å². The molecule has 0 N–H and O–H groups in total. The molecule has 0 aromatic heterocycles. The Morgan fingerprint density at radius 1 is 1.14 bits per heavy atom. The van der Waals surface area contributed by atoms with Gasteiger partial charge in [-0.25, -0.2) is 4.85 Å². The van der Waals surface area contributed by atoms with Gasteiger partial charge in [0.25, 0.3) is 0 Å². The van der Waals surface area contributed by atoms with E-state index < -0.39 is 0 Å². The van der Waals surface area contributed by atoms with E-state index in [0.717, 1.165) is 23.2 Å². The molecule has 21 heavy (non-hydrogen) atoms. The number of anilines is 3. The SMILES string of the molecule is [C-]#[N+]c1c(C)cc2c(c1C)CC1N(C)c3ccccc3N21. The first-order valence-electron chi connectivity index (χ1n) is 7.25. The van der Waals surface area contributed by atoms with Crippen LogP contribution in [0.5, 0.6) is 0 Å². The number of nitrogens with zero attached hydrogens (tertiary/aromatic N) is 3. The number of fused-ring (bicyclic) bond motifs is 5. The lowest BCUT2D eigenvalue weighted by Gasteiger charge is -2.24. The van der Waals surface area contributed by atoms with Gasteiger partial charge in [0.05, 0.1) is 17.9 Å². The van der Waals surface area contributed by atoms with Gasteiger partial charge in [-0.15, -0.1) is 0 Å². The summed E-state index contributed by atoms with van der Waals surface area (Å²) in [5.41, 5.74) is 8.23. The van der Waals surface area contributed by atoms with E-state index in [2.05, 4.69) is 58.9 Å². The number of hydrogen-bond acceptors (Lipinski definition) is 2. The Kier molecular flexibility index (Phi) is 2.35. The van der Waals surface area contributed by atoms with Crippen LogP contribution in [0.3, 0.4) is 0 Å². The zero-order valence-electron chi connectivity index (χ0n) is 12.5. The Morgan fingerprint density at radius 2 is 1.86 bits per heavy atom. The standard InChI is InChI=1S/C18H17N3/c1-11-9-16-13(12(2)18(11)19-3)10-17-20(4)14-7-5-6-8-15(14)21(16)17/h5-9,17H,10H2,1-2,4H3. The van der Waals surface area contributed by atoms with Gasteiger partial charge in [0, 0.05) is 19.2 Å². The molecule has 0 fully saturated rings. The zero-order valence-corrected chi connectivity index (χ0v) is 12.5. The van der Waals surface area contributed by atoms with Crippen molar-refractivity contribution in [3.63, 3.8) is 0 Å². The predicted octanol–water partition coefficient (Wildman–Crippen LogP) is 4.32. The van der Waals surface area contributed by atoms with Crippen molar-refractivity contribution >= 4 is 22.7 Å². The van der Waals surface area contributed by atoms with Crippen LogP contribution in [-0.2, 0) is 6.42 Å². The van der Waals surface area contributed by atoms with Gasteiger partial charge >= 0.3 is 0 Å². The number of likely N-dealkylation sites (N-methyl/N-ethyl adjacent to an activating group) is 1. The van der Waals surface area contributed by atoms with Crippen LogP contribution in [0, 0.1) is 20.4 Å². The molecule has 3 heteroatoms. The topological polar surface area (TPSA) is 10.8 Å². The van der Waals surface area contributed by atoms with Crippen LogP contribution in [0.2, 0.25) is 0 Å². The molecule has 1 atom stereocenters. The Labute approximate surface area is 125 Å². The van der Waals surface area contributed by atoms with E-state index in [4.69, 9.17) is 6.57 Å². The van der Waals surface area contributed by atoms with E-state index in [1.54, 1.807) is 0 Å². The molecule has 0 spiro atoms. The first kappa shape index (κ1) is 12.3. The third-order valence-electron chi connectivity index (χ3n) is 4.87. The Balaban J connectivity index is 1.97. The van der Waals surface area contributed by atoms with Gasteiger partial charge in [-0.1, -0.05) is 12.1 Å². The summed E-state index contributed by atoms with van der Waals surface area (Å²) in [5.74, 6) is 0. The van der Waals surface area contributed by atoms with Crippen molar-refractivity contribution in [1.82, 2.24) is 0 Å². The van der Waals surface area contributed by atoms with Gasteiger partial charge in [0.2, 0.25) is 0 Å². The van der Waals surface area contributed by atoms with Crippen molar-refractivity contribution in [3.8, 4) is 0 Å². The number of rotatable bonds is 0. The molecule has 104 valence electrons. The maximum absolute atomic E-state index is 7.41. The molecular weight excluding hydrogens is 258 g/mol. The van der Waals surface area contributed by atoms with Crippen molar-refractivity contribution < 1.29 is 0 Å². The lowest BCUT2D eigenvalue weighted by Crippen LogP contribution is -2.36. The molecule has 2 aliphatic rings. The lowest BCUT2D eigenvalue weighted by molar-refractivity contribution is 0.703. The fourth-order valence-electron chi connectivity index (χ4n) is 3.80. The Hall–Kier alpha value is -2.47. The third kappa shape index (κ3) is 1.42. The monoisotopic (exact) mass is 275 g/mol. The number of para-hydroxylation sites is 2. The predicted molar refractivity (Wildman–Crippen MR) is 86.7 cm³/mol. The summed E-state index contributed by atoms with van der Waals surface area (Å²) in [6.07, 6.45) is 1.33. The highest BCUT2D eigenvalue weighted by molar-refractivity contribution is 5.88. The minimum Gasteiger partial charge on any atom is -0.352 e. The molecule has 0 radical (unpaired) electrons. The van der Waals surface area contributed by atoms with Crippen LogP contribution in [-0.4, -0.2) is 13.2 Å². The summed E-state index contributed by atoms with van der Waals surface area (Å²) in [4.78, 5) is 8.50. The molecular formula is C18H17N3.